The molecule has 2 aromatic carbocycles. The van der Waals surface area contributed by atoms with E-state index < -0.39 is 0 Å². The van der Waals surface area contributed by atoms with Crippen LogP contribution in [-0.4, -0.2) is 27.3 Å². The normalized spacial score (nSPS) is 10.2. The first-order chi connectivity index (χ1) is 11.8. The summed E-state index contributed by atoms with van der Waals surface area (Å²) in [7, 11) is 0. The van der Waals surface area contributed by atoms with Crippen molar-refractivity contribution in [1.82, 2.24) is 14.8 Å². The van der Waals surface area contributed by atoms with Crippen molar-refractivity contribution in [1.29, 1.82) is 0 Å². The van der Waals surface area contributed by atoms with E-state index in [1.54, 1.807) is 47.6 Å². The van der Waals surface area contributed by atoms with Gasteiger partial charge in [0.05, 0.1) is 5.69 Å². The molecule has 0 atom stereocenters. The van der Waals surface area contributed by atoms with Crippen molar-refractivity contribution < 1.29 is 9.53 Å². The Morgan fingerprint density at radius 2 is 1.96 bits per heavy atom. The molecular weight excluding hydrogens is 304 g/mol. The molecule has 1 N–H and O–H groups in total. The Kier molecular flexibility index (Phi) is 4.67. The minimum atomic E-state index is -0.223. The Balaban J connectivity index is 1.81. The summed E-state index contributed by atoms with van der Waals surface area (Å²) in [5.41, 5.74) is 1.95. The van der Waals surface area contributed by atoms with Gasteiger partial charge >= 0.3 is 0 Å². The van der Waals surface area contributed by atoms with E-state index in [0.717, 1.165) is 5.69 Å². The van der Waals surface area contributed by atoms with E-state index >= 15 is 0 Å². The zero-order valence-electron chi connectivity index (χ0n) is 12.9. The maximum atomic E-state index is 12.5. The van der Waals surface area contributed by atoms with Crippen molar-refractivity contribution in [3.63, 3.8) is 0 Å². The minimum Gasteiger partial charge on any atom is -0.487 e. The van der Waals surface area contributed by atoms with E-state index in [4.69, 9.17) is 4.74 Å². The predicted octanol–water partition coefficient (Wildman–Crippen LogP) is 3.08. The van der Waals surface area contributed by atoms with Gasteiger partial charge in [-0.1, -0.05) is 30.9 Å². The maximum absolute atomic E-state index is 12.5. The van der Waals surface area contributed by atoms with Gasteiger partial charge in [-0.3, -0.25) is 9.36 Å². The Morgan fingerprint density at radius 1 is 1.17 bits per heavy atom. The molecule has 1 amide bonds. The van der Waals surface area contributed by atoms with E-state index in [0.29, 0.717) is 23.6 Å². The van der Waals surface area contributed by atoms with Gasteiger partial charge in [-0.2, -0.15) is 0 Å². The molecule has 1 aromatic heterocycles. The lowest BCUT2D eigenvalue weighted by Crippen LogP contribution is -2.13. The standard InChI is InChI=1S/C18H16N4O2/c1-2-10-24-17-9-4-3-8-16(17)21-18(23)14-6-5-7-15(11-14)22-12-19-20-13-22/h2-9,11-13H,1,10H2,(H,21,23). The third-order valence-electron chi connectivity index (χ3n) is 3.32. The lowest BCUT2D eigenvalue weighted by Gasteiger charge is -2.12. The van der Waals surface area contributed by atoms with Gasteiger partial charge in [0.15, 0.2) is 0 Å². The van der Waals surface area contributed by atoms with Gasteiger partial charge in [0.25, 0.3) is 5.91 Å². The minimum absolute atomic E-state index is 0.223. The molecule has 6 heteroatoms. The van der Waals surface area contributed by atoms with Crippen LogP contribution in [-0.2, 0) is 0 Å². The highest BCUT2D eigenvalue weighted by Crippen LogP contribution is 2.24. The Labute approximate surface area is 139 Å². The average molecular weight is 320 g/mol. The number of rotatable bonds is 6. The highest BCUT2D eigenvalue weighted by molar-refractivity contribution is 6.05. The fraction of sp³-hybridized carbons (Fsp3) is 0.0556. The first-order valence-corrected chi connectivity index (χ1v) is 7.37. The van der Waals surface area contributed by atoms with Crippen LogP contribution in [0, 0.1) is 0 Å². The van der Waals surface area contributed by atoms with Crippen LogP contribution in [0.3, 0.4) is 0 Å². The highest BCUT2D eigenvalue weighted by atomic mass is 16.5. The summed E-state index contributed by atoms with van der Waals surface area (Å²) in [6.07, 6.45) is 4.81. The number of carbonyl (C=O) groups is 1. The summed E-state index contributed by atoms with van der Waals surface area (Å²) in [5, 5.41) is 10.4. The number of nitrogens with one attached hydrogen (secondary N) is 1. The molecule has 0 bridgehead atoms. The summed E-state index contributed by atoms with van der Waals surface area (Å²) in [6.45, 7) is 3.99. The van der Waals surface area contributed by atoms with E-state index in [9.17, 15) is 4.79 Å². The molecule has 0 radical (unpaired) electrons. The molecule has 3 aromatic rings. The van der Waals surface area contributed by atoms with Gasteiger partial charge in [0, 0.05) is 11.3 Å². The third-order valence-corrected chi connectivity index (χ3v) is 3.32. The largest absolute Gasteiger partial charge is 0.487 e. The van der Waals surface area contributed by atoms with Crippen LogP contribution >= 0.6 is 0 Å². The molecule has 0 unspecified atom stereocenters. The zero-order valence-corrected chi connectivity index (χ0v) is 12.9. The van der Waals surface area contributed by atoms with Gasteiger partial charge in [-0.05, 0) is 30.3 Å². The molecule has 24 heavy (non-hydrogen) atoms. The van der Waals surface area contributed by atoms with Crippen molar-refractivity contribution >= 4 is 11.6 Å². The van der Waals surface area contributed by atoms with E-state index in [2.05, 4.69) is 22.1 Å². The summed E-state index contributed by atoms with van der Waals surface area (Å²) in [5.74, 6) is 0.375. The van der Waals surface area contributed by atoms with Crippen LogP contribution in [0.4, 0.5) is 5.69 Å². The molecule has 3 rings (SSSR count). The third kappa shape index (κ3) is 3.49. The van der Waals surface area contributed by atoms with Crippen LogP contribution in [0.25, 0.3) is 5.69 Å². The van der Waals surface area contributed by atoms with Crippen LogP contribution in [0.15, 0.2) is 73.8 Å². The molecule has 0 aliphatic carbocycles. The van der Waals surface area contributed by atoms with Crippen LogP contribution in [0.1, 0.15) is 10.4 Å². The first-order valence-electron chi connectivity index (χ1n) is 7.37. The topological polar surface area (TPSA) is 69.0 Å². The van der Waals surface area contributed by atoms with Gasteiger partial charge in [0.2, 0.25) is 0 Å². The summed E-state index contributed by atoms with van der Waals surface area (Å²) < 4.78 is 7.29. The number of para-hydroxylation sites is 2. The first kappa shape index (κ1) is 15.5. The molecule has 0 saturated carbocycles. The van der Waals surface area contributed by atoms with Crippen LogP contribution in [0.5, 0.6) is 5.75 Å². The van der Waals surface area contributed by atoms with Crippen molar-refractivity contribution in [3.05, 3.63) is 79.4 Å². The van der Waals surface area contributed by atoms with Crippen molar-refractivity contribution in [2.24, 2.45) is 0 Å². The smallest absolute Gasteiger partial charge is 0.255 e. The Morgan fingerprint density at radius 3 is 2.75 bits per heavy atom. The van der Waals surface area contributed by atoms with E-state index in [1.165, 1.54) is 0 Å². The second-order valence-electron chi connectivity index (χ2n) is 4.97. The van der Waals surface area contributed by atoms with Crippen LogP contribution < -0.4 is 10.1 Å². The number of carbonyl (C=O) groups excluding carboxylic acids is 1. The van der Waals surface area contributed by atoms with Gasteiger partial charge < -0.3 is 10.1 Å². The van der Waals surface area contributed by atoms with Crippen molar-refractivity contribution in [2.45, 2.75) is 0 Å². The lowest BCUT2D eigenvalue weighted by atomic mass is 10.1. The second kappa shape index (κ2) is 7.23. The predicted molar refractivity (Wildman–Crippen MR) is 91.4 cm³/mol. The molecule has 1 heterocycles. The van der Waals surface area contributed by atoms with E-state index in [1.807, 2.05) is 24.3 Å². The molecule has 6 nitrogen and oxygen atoms in total. The molecule has 0 spiro atoms. The quantitative estimate of drug-likeness (QED) is 0.709. The number of aromatic nitrogens is 3. The monoisotopic (exact) mass is 320 g/mol. The second-order valence-corrected chi connectivity index (χ2v) is 4.97. The number of anilines is 1. The molecule has 120 valence electrons. The lowest BCUT2D eigenvalue weighted by molar-refractivity contribution is 0.102. The SMILES string of the molecule is C=CCOc1ccccc1NC(=O)c1cccc(-n2cnnc2)c1. The summed E-state index contributed by atoms with van der Waals surface area (Å²) >= 11 is 0. The molecular formula is C18H16N4O2. The van der Waals surface area contributed by atoms with Gasteiger partial charge in [-0.15, -0.1) is 10.2 Å². The molecule has 0 saturated heterocycles. The molecule has 0 aliphatic rings. The summed E-state index contributed by atoms with van der Waals surface area (Å²) in [6, 6.07) is 14.5. The highest BCUT2D eigenvalue weighted by Gasteiger charge is 2.10. The summed E-state index contributed by atoms with van der Waals surface area (Å²) in [4.78, 5) is 12.5. The van der Waals surface area contributed by atoms with Crippen LogP contribution in [0.2, 0.25) is 0 Å². The number of ether oxygens (including phenoxy) is 1. The fourth-order valence-corrected chi connectivity index (χ4v) is 2.18. The van der Waals surface area contributed by atoms with E-state index in [-0.39, 0.29) is 5.91 Å². The van der Waals surface area contributed by atoms with Gasteiger partial charge in [-0.25, -0.2) is 0 Å². The molecule has 0 aliphatic heterocycles. The Hall–Kier alpha value is -3.41. The average Bonchev–Trinajstić information content (AvgIpc) is 3.16. The maximum Gasteiger partial charge on any atom is 0.255 e. The molecule has 0 fully saturated rings. The van der Waals surface area contributed by atoms with Crippen molar-refractivity contribution in [2.75, 3.05) is 11.9 Å². The number of amides is 1. The number of hydrogen-bond donors (Lipinski definition) is 1. The number of benzene rings is 2. The Bertz CT molecular complexity index is 844. The fourth-order valence-electron chi connectivity index (χ4n) is 2.18. The van der Waals surface area contributed by atoms with Crippen molar-refractivity contribution in [3.8, 4) is 11.4 Å². The zero-order chi connectivity index (χ0) is 16.8. The number of hydrogen-bond acceptors (Lipinski definition) is 4. The number of nitrogens with zero attached hydrogens (tertiary/aromatic N) is 3. The van der Waals surface area contributed by atoms with Gasteiger partial charge in [0.1, 0.15) is 25.0 Å².